The lowest BCUT2D eigenvalue weighted by molar-refractivity contribution is -0.0925. The number of nitrogens with zero attached hydrogens (tertiary/aromatic N) is 6. The van der Waals surface area contributed by atoms with Crippen molar-refractivity contribution in [2.24, 2.45) is 10.7 Å². The minimum Gasteiger partial charge on any atom is -0.395 e. The number of alkyl halides is 3. The van der Waals surface area contributed by atoms with Gasteiger partial charge in [0.1, 0.15) is 18.7 Å². The Labute approximate surface area is 171 Å². The molecule has 1 saturated heterocycles. The molecule has 0 aliphatic carbocycles. The third-order valence-electron chi connectivity index (χ3n) is 4.64. The Balaban J connectivity index is 1.58. The highest BCUT2D eigenvalue weighted by Gasteiger charge is 2.30. The summed E-state index contributed by atoms with van der Waals surface area (Å²) in [5.74, 6) is 0.324. The van der Waals surface area contributed by atoms with Gasteiger partial charge in [-0.25, -0.2) is 9.78 Å². The van der Waals surface area contributed by atoms with E-state index in [-0.39, 0.29) is 6.67 Å². The predicted molar refractivity (Wildman–Crippen MR) is 109 cm³/mol. The zero-order valence-electron chi connectivity index (χ0n) is 16.4. The monoisotopic (exact) mass is 421 g/mol. The summed E-state index contributed by atoms with van der Waals surface area (Å²) in [6, 6.07) is 8.31. The third-order valence-corrected chi connectivity index (χ3v) is 4.64. The molecule has 2 N–H and O–H groups in total. The summed E-state index contributed by atoms with van der Waals surface area (Å²) in [6.07, 6.45) is -1.80. The Morgan fingerprint density at radius 1 is 1.17 bits per heavy atom. The molecule has 160 valence electrons. The number of hydrogen-bond donors (Lipinski definition) is 1. The van der Waals surface area contributed by atoms with Gasteiger partial charge in [-0.1, -0.05) is 17.7 Å². The van der Waals surface area contributed by atoms with Gasteiger partial charge in [0, 0.05) is 38.1 Å². The number of anilines is 2. The van der Waals surface area contributed by atoms with Crippen LogP contribution < -0.4 is 21.2 Å². The highest BCUT2D eigenvalue weighted by molar-refractivity contribution is 5.72. The number of nitrogens with two attached hydrogens (primary N) is 1. The topological polar surface area (TPSA) is 92.6 Å². The van der Waals surface area contributed by atoms with Gasteiger partial charge >= 0.3 is 11.9 Å². The summed E-state index contributed by atoms with van der Waals surface area (Å²) in [7, 11) is 0. The predicted octanol–water partition coefficient (Wildman–Crippen LogP) is 1.71. The number of aliphatic imine (C=N–C) groups is 1. The molecule has 1 aliphatic heterocycles. The maximum atomic E-state index is 12.3. The third kappa shape index (κ3) is 5.37. The molecule has 1 aromatic heterocycles. The molecule has 1 fully saturated rings. The molecule has 0 radical (unpaired) electrons. The molecule has 0 atom stereocenters. The zero-order valence-corrected chi connectivity index (χ0v) is 16.4. The Morgan fingerprint density at radius 2 is 1.80 bits per heavy atom. The molecule has 2 aromatic rings. The van der Waals surface area contributed by atoms with Gasteiger partial charge in [0.25, 0.3) is 0 Å². The number of aryl methyl sites for hydroxylation is 1. The van der Waals surface area contributed by atoms with Crippen LogP contribution in [0.15, 0.2) is 52.2 Å². The summed E-state index contributed by atoms with van der Waals surface area (Å²) in [5, 5.41) is 0. The molecule has 1 aliphatic rings. The lowest BCUT2D eigenvalue weighted by Crippen LogP contribution is -2.47. The Bertz CT molecular complexity index is 975. The zero-order chi connectivity index (χ0) is 21.7. The fraction of sp³-hybridized carbons (Fsp3) is 0.368. The molecule has 30 heavy (non-hydrogen) atoms. The van der Waals surface area contributed by atoms with Crippen LogP contribution in [-0.4, -0.2) is 53.1 Å². The van der Waals surface area contributed by atoms with Crippen LogP contribution >= 0.6 is 0 Å². The van der Waals surface area contributed by atoms with E-state index in [2.05, 4.69) is 44.1 Å². The number of allylic oxidation sites excluding steroid dienone is 2. The van der Waals surface area contributed by atoms with Crippen molar-refractivity contribution in [1.82, 2.24) is 14.5 Å². The van der Waals surface area contributed by atoms with Crippen LogP contribution in [-0.2, 0) is 6.67 Å². The summed E-state index contributed by atoms with van der Waals surface area (Å²) in [5.41, 5.74) is 5.36. The number of benzene rings is 1. The fourth-order valence-electron chi connectivity index (χ4n) is 2.88. The van der Waals surface area contributed by atoms with Gasteiger partial charge in [0.2, 0.25) is 5.95 Å². The summed E-state index contributed by atoms with van der Waals surface area (Å²) in [4.78, 5) is 28.2. The smallest absolute Gasteiger partial charge is 0.395 e. The highest BCUT2D eigenvalue weighted by Crippen LogP contribution is 2.20. The van der Waals surface area contributed by atoms with Gasteiger partial charge < -0.3 is 15.5 Å². The quantitative estimate of drug-likeness (QED) is 0.739. The number of piperazine rings is 1. The van der Waals surface area contributed by atoms with Crippen LogP contribution in [0.5, 0.6) is 0 Å². The molecule has 0 amide bonds. The summed E-state index contributed by atoms with van der Waals surface area (Å²) < 4.78 is 37.9. The van der Waals surface area contributed by atoms with Crippen LogP contribution in [0.3, 0.4) is 0 Å². The van der Waals surface area contributed by atoms with E-state index < -0.39 is 17.6 Å². The van der Waals surface area contributed by atoms with Gasteiger partial charge in [0.15, 0.2) is 0 Å². The SMILES string of the molecule is Cc1ccc(N2CCN(c3ncn(CN=CC=C(N)C(F)(F)F)c(=O)n3)CC2)cc1. The first-order valence-electron chi connectivity index (χ1n) is 9.27. The van der Waals surface area contributed by atoms with Crippen molar-refractivity contribution in [2.45, 2.75) is 19.8 Å². The molecule has 1 aromatic carbocycles. The van der Waals surface area contributed by atoms with E-state index in [1.165, 1.54) is 11.9 Å². The first-order chi connectivity index (χ1) is 14.2. The normalized spacial score (nSPS) is 15.8. The molecule has 0 spiro atoms. The first-order valence-corrected chi connectivity index (χ1v) is 9.27. The van der Waals surface area contributed by atoms with Crippen LogP contribution in [0.25, 0.3) is 0 Å². The number of aromatic nitrogens is 3. The molecule has 0 bridgehead atoms. The second-order valence-electron chi connectivity index (χ2n) is 6.81. The molecule has 0 saturated carbocycles. The molecule has 0 unspecified atom stereocenters. The van der Waals surface area contributed by atoms with Gasteiger partial charge in [-0.15, -0.1) is 0 Å². The van der Waals surface area contributed by atoms with E-state index in [1.54, 1.807) is 0 Å². The van der Waals surface area contributed by atoms with Gasteiger partial charge in [-0.05, 0) is 25.1 Å². The largest absolute Gasteiger partial charge is 0.430 e. The number of halogens is 3. The van der Waals surface area contributed by atoms with Crippen molar-refractivity contribution in [3.8, 4) is 0 Å². The van der Waals surface area contributed by atoms with E-state index >= 15 is 0 Å². The lowest BCUT2D eigenvalue weighted by atomic mass is 10.2. The fourth-order valence-corrected chi connectivity index (χ4v) is 2.88. The Kier molecular flexibility index (Phi) is 6.38. The molecule has 11 heteroatoms. The second-order valence-corrected chi connectivity index (χ2v) is 6.81. The standard InChI is InChI=1S/C19H22F3N7O/c1-14-2-4-15(5-3-14)27-8-10-28(11-9-27)17-25-13-29(18(30)26-17)12-24-7-6-16(23)19(20,21)22/h2-7,13H,8-12,23H2,1H3. The van der Waals surface area contributed by atoms with E-state index in [0.29, 0.717) is 25.1 Å². The van der Waals surface area contributed by atoms with Crippen LogP contribution in [0.2, 0.25) is 0 Å². The van der Waals surface area contributed by atoms with Crippen molar-refractivity contribution in [2.75, 3.05) is 36.0 Å². The van der Waals surface area contributed by atoms with Crippen LogP contribution in [0, 0.1) is 6.92 Å². The van der Waals surface area contributed by atoms with Gasteiger partial charge in [-0.2, -0.15) is 18.2 Å². The molecule has 8 nitrogen and oxygen atoms in total. The van der Waals surface area contributed by atoms with Crippen molar-refractivity contribution in [3.05, 3.63) is 58.4 Å². The molecule has 3 rings (SSSR count). The van der Waals surface area contributed by atoms with E-state index in [4.69, 9.17) is 5.73 Å². The van der Waals surface area contributed by atoms with E-state index in [0.717, 1.165) is 29.6 Å². The van der Waals surface area contributed by atoms with E-state index in [1.807, 2.05) is 11.8 Å². The first kappa shape index (κ1) is 21.3. The van der Waals surface area contributed by atoms with Crippen molar-refractivity contribution >= 4 is 17.9 Å². The van der Waals surface area contributed by atoms with Gasteiger partial charge in [-0.3, -0.25) is 9.56 Å². The van der Waals surface area contributed by atoms with Crippen LogP contribution in [0.4, 0.5) is 24.8 Å². The second kappa shape index (κ2) is 8.97. The summed E-state index contributed by atoms with van der Waals surface area (Å²) in [6.45, 7) is 4.71. The minimum absolute atomic E-state index is 0.206. The molecular weight excluding hydrogens is 399 g/mol. The molecule has 2 heterocycles. The van der Waals surface area contributed by atoms with Crippen molar-refractivity contribution in [3.63, 3.8) is 0 Å². The molecular formula is C19H22F3N7O. The minimum atomic E-state index is -4.61. The average molecular weight is 421 g/mol. The maximum absolute atomic E-state index is 12.3. The van der Waals surface area contributed by atoms with E-state index in [9.17, 15) is 18.0 Å². The number of hydrogen-bond acceptors (Lipinski definition) is 7. The lowest BCUT2D eigenvalue weighted by Gasteiger charge is -2.36. The highest BCUT2D eigenvalue weighted by atomic mass is 19.4. The average Bonchev–Trinajstić information content (AvgIpc) is 2.72. The number of rotatable bonds is 5. The van der Waals surface area contributed by atoms with Crippen molar-refractivity contribution in [1.29, 1.82) is 0 Å². The van der Waals surface area contributed by atoms with Gasteiger partial charge in [0.05, 0.1) is 0 Å². The Hall–Kier alpha value is -3.37. The van der Waals surface area contributed by atoms with Crippen molar-refractivity contribution < 1.29 is 13.2 Å². The maximum Gasteiger partial charge on any atom is 0.430 e. The summed E-state index contributed by atoms with van der Waals surface area (Å²) >= 11 is 0. The Morgan fingerprint density at radius 3 is 2.40 bits per heavy atom. The van der Waals surface area contributed by atoms with Crippen LogP contribution in [0.1, 0.15) is 5.56 Å².